The number of halogens is 1. The molecule has 0 unspecified atom stereocenters. The Bertz CT molecular complexity index is 648. The minimum atomic E-state index is -0.407. The summed E-state index contributed by atoms with van der Waals surface area (Å²) in [5, 5.41) is 0.897. The van der Waals surface area contributed by atoms with Crippen molar-refractivity contribution < 1.29 is 9.53 Å². The Balaban J connectivity index is 2.51. The van der Waals surface area contributed by atoms with Gasteiger partial charge in [-0.1, -0.05) is 15.9 Å². The summed E-state index contributed by atoms with van der Waals surface area (Å²) in [5.74, 6) is -0.407. The molecule has 0 aliphatic rings. The van der Waals surface area contributed by atoms with Crippen LogP contribution in [0, 0.1) is 0 Å². The highest BCUT2D eigenvalue weighted by Crippen LogP contribution is 2.18. The lowest BCUT2D eigenvalue weighted by atomic mass is 10.2. The molecule has 0 saturated carbocycles. The summed E-state index contributed by atoms with van der Waals surface area (Å²) in [6.45, 7) is 1.98. The fraction of sp³-hybridized carbons (Fsp3) is 0.231. The number of carbonyl (C=O) groups is 1. The smallest absolute Gasteiger partial charge is 0.326 e. The van der Waals surface area contributed by atoms with Gasteiger partial charge >= 0.3 is 5.97 Å². The van der Waals surface area contributed by atoms with Crippen molar-refractivity contribution >= 4 is 32.8 Å². The van der Waals surface area contributed by atoms with Crippen LogP contribution in [0.2, 0.25) is 0 Å². The Morgan fingerprint density at radius 2 is 2.11 bits per heavy atom. The summed E-state index contributed by atoms with van der Waals surface area (Å²) < 4.78 is 7.21. The van der Waals surface area contributed by atoms with Crippen LogP contribution in [-0.4, -0.2) is 17.1 Å². The second-order valence-corrected chi connectivity index (χ2v) is 4.68. The van der Waals surface area contributed by atoms with Crippen LogP contribution >= 0.6 is 15.9 Å². The Morgan fingerprint density at radius 3 is 2.83 bits per heavy atom. The van der Waals surface area contributed by atoms with Crippen LogP contribution in [0.1, 0.15) is 6.92 Å². The molecular formula is C13H12BrNO3. The van der Waals surface area contributed by atoms with Crippen LogP contribution in [0.4, 0.5) is 0 Å². The van der Waals surface area contributed by atoms with Crippen LogP contribution < -0.4 is 5.56 Å². The second-order valence-electron chi connectivity index (χ2n) is 3.77. The largest absolute Gasteiger partial charge is 0.465 e. The van der Waals surface area contributed by atoms with E-state index in [0.717, 1.165) is 15.4 Å². The van der Waals surface area contributed by atoms with E-state index < -0.39 is 5.97 Å². The molecule has 1 heterocycles. The molecule has 4 nitrogen and oxygen atoms in total. The van der Waals surface area contributed by atoms with Gasteiger partial charge in [0, 0.05) is 10.5 Å². The molecule has 0 atom stereocenters. The van der Waals surface area contributed by atoms with Gasteiger partial charge in [0.25, 0.3) is 5.56 Å². The summed E-state index contributed by atoms with van der Waals surface area (Å²) in [4.78, 5) is 23.3. The number of benzene rings is 1. The molecule has 0 aliphatic heterocycles. The van der Waals surface area contributed by atoms with E-state index in [0.29, 0.717) is 6.61 Å². The summed E-state index contributed by atoms with van der Waals surface area (Å²) in [6, 6.07) is 8.73. The molecule has 0 saturated heterocycles. The van der Waals surface area contributed by atoms with Crippen LogP contribution in [0.5, 0.6) is 0 Å². The molecule has 0 N–H and O–H groups in total. The summed E-state index contributed by atoms with van der Waals surface area (Å²) in [6.07, 6.45) is 0. The number of fused-ring (bicyclic) bond motifs is 1. The van der Waals surface area contributed by atoms with Crippen molar-refractivity contribution in [2.75, 3.05) is 6.61 Å². The van der Waals surface area contributed by atoms with Crippen molar-refractivity contribution in [1.82, 2.24) is 4.57 Å². The van der Waals surface area contributed by atoms with E-state index in [1.807, 2.05) is 12.1 Å². The van der Waals surface area contributed by atoms with E-state index in [1.165, 1.54) is 10.6 Å². The van der Waals surface area contributed by atoms with E-state index in [-0.39, 0.29) is 12.1 Å². The third-order valence-corrected chi connectivity index (χ3v) is 3.04. The second kappa shape index (κ2) is 5.35. The highest BCUT2D eigenvalue weighted by atomic mass is 79.9. The summed E-state index contributed by atoms with van der Waals surface area (Å²) in [7, 11) is 0. The van der Waals surface area contributed by atoms with E-state index in [4.69, 9.17) is 4.74 Å². The number of aromatic nitrogens is 1. The van der Waals surface area contributed by atoms with Gasteiger partial charge in [-0.05, 0) is 36.6 Å². The van der Waals surface area contributed by atoms with E-state index in [2.05, 4.69) is 15.9 Å². The van der Waals surface area contributed by atoms with Gasteiger partial charge in [0.05, 0.1) is 12.1 Å². The van der Waals surface area contributed by atoms with Gasteiger partial charge in [-0.3, -0.25) is 14.2 Å². The predicted octanol–water partition coefficient (Wildman–Crippen LogP) is 2.33. The number of nitrogens with zero attached hydrogens (tertiary/aromatic N) is 1. The van der Waals surface area contributed by atoms with Gasteiger partial charge in [0.15, 0.2) is 0 Å². The maximum Gasteiger partial charge on any atom is 0.326 e. The molecule has 0 bridgehead atoms. The zero-order chi connectivity index (χ0) is 13.1. The number of ether oxygens (including phenoxy) is 1. The summed E-state index contributed by atoms with van der Waals surface area (Å²) in [5.41, 5.74) is 0.511. The first kappa shape index (κ1) is 12.8. The van der Waals surface area contributed by atoms with Crippen LogP contribution in [-0.2, 0) is 16.1 Å². The molecule has 18 heavy (non-hydrogen) atoms. The number of rotatable bonds is 3. The zero-order valence-electron chi connectivity index (χ0n) is 9.85. The van der Waals surface area contributed by atoms with Crippen molar-refractivity contribution in [2.45, 2.75) is 13.5 Å². The number of hydrogen-bond acceptors (Lipinski definition) is 3. The average Bonchev–Trinajstić information content (AvgIpc) is 2.33. The predicted molar refractivity (Wildman–Crippen MR) is 72.5 cm³/mol. The van der Waals surface area contributed by atoms with Gasteiger partial charge < -0.3 is 4.74 Å². The fourth-order valence-electron chi connectivity index (χ4n) is 1.77. The summed E-state index contributed by atoms with van der Waals surface area (Å²) >= 11 is 3.37. The minimum absolute atomic E-state index is 0.0638. The molecule has 2 aromatic rings. The molecule has 0 fully saturated rings. The normalized spacial score (nSPS) is 10.6. The first-order valence-electron chi connectivity index (χ1n) is 5.56. The SMILES string of the molecule is CCOC(=O)Cn1c(=O)ccc2cc(Br)ccc21. The standard InChI is InChI=1S/C13H12BrNO3/c1-2-18-13(17)8-15-11-5-4-10(14)7-9(11)3-6-12(15)16/h3-7H,2,8H2,1H3. The van der Waals surface area contributed by atoms with Crippen LogP contribution in [0.3, 0.4) is 0 Å². The first-order chi connectivity index (χ1) is 8.61. The van der Waals surface area contributed by atoms with Gasteiger partial charge in [0.2, 0.25) is 0 Å². The lowest BCUT2D eigenvalue weighted by Gasteiger charge is -2.09. The molecule has 1 aromatic carbocycles. The fourth-order valence-corrected chi connectivity index (χ4v) is 2.15. The lowest BCUT2D eigenvalue weighted by molar-refractivity contribution is -0.143. The van der Waals surface area contributed by atoms with Crippen molar-refractivity contribution in [3.05, 3.63) is 45.2 Å². The monoisotopic (exact) mass is 309 g/mol. The topological polar surface area (TPSA) is 48.3 Å². The average molecular weight is 310 g/mol. The molecule has 5 heteroatoms. The Morgan fingerprint density at radius 1 is 1.33 bits per heavy atom. The van der Waals surface area contributed by atoms with Gasteiger partial charge in [-0.25, -0.2) is 0 Å². The first-order valence-corrected chi connectivity index (χ1v) is 6.36. The Labute approximate surface area is 112 Å². The zero-order valence-corrected chi connectivity index (χ0v) is 11.4. The maximum atomic E-state index is 11.8. The van der Waals surface area contributed by atoms with Gasteiger partial charge in [0.1, 0.15) is 6.54 Å². The molecule has 94 valence electrons. The van der Waals surface area contributed by atoms with Crippen molar-refractivity contribution in [3.8, 4) is 0 Å². The number of carbonyl (C=O) groups excluding carboxylic acids is 1. The molecule has 0 aliphatic carbocycles. The van der Waals surface area contributed by atoms with Crippen molar-refractivity contribution in [1.29, 1.82) is 0 Å². The Hall–Kier alpha value is -1.62. The number of esters is 1. The molecule has 0 radical (unpaired) electrons. The third-order valence-electron chi connectivity index (χ3n) is 2.54. The lowest BCUT2D eigenvalue weighted by Crippen LogP contribution is -2.24. The minimum Gasteiger partial charge on any atom is -0.465 e. The Kier molecular flexibility index (Phi) is 3.81. The van der Waals surface area contributed by atoms with Gasteiger partial charge in [-0.2, -0.15) is 0 Å². The molecule has 0 spiro atoms. The maximum absolute atomic E-state index is 11.8. The molecular weight excluding hydrogens is 298 g/mol. The van der Waals surface area contributed by atoms with Crippen molar-refractivity contribution in [2.24, 2.45) is 0 Å². The molecule has 0 amide bonds. The van der Waals surface area contributed by atoms with Crippen LogP contribution in [0.25, 0.3) is 10.9 Å². The van der Waals surface area contributed by atoms with E-state index in [1.54, 1.807) is 19.1 Å². The highest BCUT2D eigenvalue weighted by Gasteiger charge is 2.08. The quantitative estimate of drug-likeness (QED) is 0.818. The molecule has 2 rings (SSSR count). The number of hydrogen-bond donors (Lipinski definition) is 0. The van der Waals surface area contributed by atoms with E-state index >= 15 is 0 Å². The van der Waals surface area contributed by atoms with E-state index in [9.17, 15) is 9.59 Å². The third kappa shape index (κ3) is 2.61. The van der Waals surface area contributed by atoms with Crippen molar-refractivity contribution in [3.63, 3.8) is 0 Å². The van der Waals surface area contributed by atoms with Crippen LogP contribution in [0.15, 0.2) is 39.6 Å². The highest BCUT2D eigenvalue weighted by molar-refractivity contribution is 9.10. The van der Waals surface area contributed by atoms with Gasteiger partial charge in [-0.15, -0.1) is 0 Å². The molecule has 1 aromatic heterocycles. The number of pyridine rings is 1.